The van der Waals surface area contributed by atoms with Crippen LogP contribution in [0.2, 0.25) is 0 Å². The van der Waals surface area contributed by atoms with Gasteiger partial charge >= 0.3 is 0 Å². The fraction of sp³-hybridized carbons (Fsp3) is 0.333. The lowest BCUT2D eigenvalue weighted by atomic mass is 9.98. The molecule has 1 aromatic rings. The largest absolute Gasteiger partial charge is 0.381 e. The second kappa shape index (κ2) is 4.35. The summed E-state index contributed by atoms with van der Waals surface area (Å²) < 4.78 is 0. The van der Waals surface area contributed by atoms with Gasteiger partial charge in [0, 0.05) is 42.2 Å². The van der Waals surface area contributed by atoms with E-state index in [-0.39, 0.29) is 17.3 Å². The number of nitrogens with one attached hydrogen (secondary N) is 2. The van der Waals surface area contributed by atoms with Crippen molar-refractivity contribution in [2.24, 2.45) is 0 Å². The van der Waals surface area contributed by atoms with Gasteiger partial charge in [0.25, 0.3) is 0 Å². The van der Waals surface area contributed by atoms with E-state index in [1.807, 2.05) is 6.92 Å². The van der Waals surface area contributed by atoms with E-state index in [9.17, 15) is 9.59 Å². The van der Waals surface area contributed by atoms with E-state index in [0.717, 1.165) is 12.1 Å². The van der Waals surface area contributed by atoms with Gasteiger partial charge in [-0.3, -0.25) is 9.59 Å². The number of ketones is 1. The Kier molecular flexibility index (Phi) is 2.90. The van der Waals surface area contributed by atoms with Crippen LogP contribution in [0.5, 0.6) is 0 Å². The molecule has 16 heavy (non-hydrogen) atoms. The van der Waals surface area contributed by atoms with Gasteiger partial charge in [0.05, 0.1) is 6.04 Å². The topological polar surface area (TPSA) is 62.0 Å². The summed E-state index contributed by atoms with van der Waals surface area (Å²) >= 11 is 0. The third-order valence-corrected chi connectivity index (χ3v) is 2.71. The summed E-state index contributed by atoms with van der Waals surface area (Å²) in [5.41, 5.74) is 1.47. The van der Waals surface area contributed by atoms with Crippen LogP contribution in [0.3, 0.4) is 0 Å². The van der Waals surface area contributed by atoms with Crippen molar-refractivity contribution in [3.05, 3.63) is 46.0 Å². The number of aromatic amines is 1. The van der Waals surface area contributed by atoms with E-state index in [2.05, 4.69) is 10.3 Å². The molecule has 0 amide bonds. The fourth-order valence-electron chi connectivity index (χ4n) is 1.86. The average Bonchev–Trinajstić information content (AvgIpc) is 2.28. The molecule has 0 aliphatic carbocycles. The molecule has 1 aromatic heterocycles. The number of rotatable bonds is 2. The lowest BCUT2D eigenvalue weighted by molar-refractivity contribution is -0.115. The molecule has 84 valence electrons. The van der Waals surface area contributed by atoms with E-state index < -0.39 is 0 Å². The minimum absolute atomic E-state index is 0.0404. The Labute approximate surface area is 93.4 Å². The van der Waals surface area contributed by atoms with Crippen LogP contribution in [0.25, 0.3) is 0 Å². The SMILES string of the molecule is CCC1=CC(=O)CC(c2c[nH]ccc2=O)N1. The number of allylic oxidation sites excluding steroid dienone is 2. The van der Waals surface area contributed by atoms with Gasteiger partial charge in [-0.1, -0.05) is 6.92 Å². The van der Waals surface area contributed by atoms with E-state index in [1.54, 1.807) is 18.5 Å². The van der Waals surface area contributed by atoms with Gasteiger partial charge in [-0.15, -0.1) is 0 Å². The fourth-order valence-corrected chi connectivity index (χ4v) is 1.86. The minimum Gasteiger partial charge on any atom is -0.381 e. The van der Waals surface area contributed by atoms with Crippen molar-refractivity contribution in [3.63, 3.8) is 0 Å². The molecule has 2 rings (SSSR count). The van der Waals surface area contributed by atoms with Crippen LogP contribution < -0.4 is 10.7 Å². The highest BCUT2D eigenvalue weighted by Gasteiger charge is 2.22. The maximum absolute atomic E-state index is 11.6. The predicted octanol–water partition coefficient (Wildman–Crippen LogP) is 1.27. The molecule has 2 N–H and O–H groups in total. The summed E-state index contributed by atoms with van der Waals surface area (Å²) in [5.74, 6) is 0.0730. The lowest BCUT2D eigenvalue weighted by Crippen LogP contribution is -2.31. The van der Waals surface area contributed by atoms with E-state index >= 15 is 0 Å². The molecule has 1 atom stereocenters. The van der Waals surface area contributed by atoms with Crippen molar-refractivity contribution >= 4 is 5.78 Å². The summed E-state index contributed by atoms with van der Waals surface area (Å²) in [4.78, 5) is 26.0. The third-order valence-electron chi connectivity index (χ3n) is 2.71. The van der Waals surface area contributed by atoms with Gasteiger partial charge in [-0.05, 0) is 6.42 Å². The quantitative estimate of drug-likeness (QED) is 0.785. The van der Waals surface area contributed by atoms with E-state index in [0.29, 0.717) is 12.0 Å². The van der Waals surface area contributed by atoms with Gasteiger partial charge in [-0.2, -0.15) is 0 Å². The van der Waals surface area contributed by atoms with Gasteiger partial charge in [0.15, 0.2) is 11.2 Å². The number of hydrogen-bond donors (Lipinski definition) is 2. The first-order valence-corrected chi connectivity index (χ1v) is 5.37. The molecule has 0 bridgehead atoms. The zero-order valence-corrected chi connectivity index (χ0v) is 9.12. The Bertz CT molecular complexity index is 488. The highest BCUT2D eigenvalue weighted by Crippen LogP contribution is 2.20. The number of aromatic nitrogens is 1. The van der Waals surface area contributed by atoms with Crippen LogP contribution in [0.15, 0.2) is 35.0 Å². The number of pyridine rings is 1. The zero-order chi connectivity index (χ0) is 11.5. The lowest BCUT2D eigenvalue weighted by Gasteiger charge is -2.23. The molecule has 1 aliphatic heterocycles. The predicted molar refractivity (Wildman–Crippen MR) is 60.9 cm³/mol. The minimum atomic E-state index is -0.197. The Balaban J connectivity index is 2.31. The Morgan fingerprint density at radius 3 is 2.94 bits per heavy atom. The maximum atomic E-state index is 11.6. The zero-order valence-electron chi connectivity index (χ0n) is 9.12. The second-order valence-corrected chi connectivity index (χ2v) is 3.85. The number of H-pyrrole nitrogens is 1. The monoisotopic (exact) mass is 218 g/mol. The van der Waals surface area contributed by atoms with Crippen molar-refractivity contribution in [1.29, 1.82) is 0 Å². The molecule has 2 heterocycles. The second-order valence-electron chi connectivity index (χ2n) is 3.85. The molecule has 0 aromatic carbocycles. The molecule has 0 fully saturated rings. The standard InChI is InChI=1S/C12H14N2O2/c1-2-8-5-9(15)6-11(14-8)10-7-13-4-3-12(10)16/h3-5,7,11,14H,2,6H2,1H3,(H,13,16). The van der Waals surface area contributed by atoms with E-state index in [4.69, 9.17) is 0 Å². The molecule has 0 saturated carbocycles. The van der Waals surface area contributed by atoms with Crippen LogP contribution in [-0.2, 0) is 4.79 Å². The first-order chi connectivity index (χ1) is 7.70. The maximum Gasteiger partial charge on any atom is 0.186 e. The number of carbonyl (C=O) groups excluding carboxylic acids is 1. The summed E-state index contributed by atoms with van der Waals surface area (Å²) in [5, 5.41) is 3.21. The highest BCUT2D eigenvalue weighted by atomic mass is 16.1. The molecule has 4 heteroatoms. The van der Waals surface area contributed by atoms with Crippen LogP contribution in [-0.4, -0.2) is 10.8 Å². The Hall–Kier alpha value is -1.84. The van der Waals surface area contributed by atoms with Crippen LogP contribution in [0.4, 0.5) is 0 Å². The Morgan fingerprint density at radius 1 is 1.44 bits per heavy atom. The normalized spacial score (nSPS) is 20.2. The van der Waals surface area contributed by atoms with Crippen molar-refractivity contribution < 1.29 is 4.79 Å². The van der Waals surface area contributed by atoms with Crippen LogP contribution in [0.1, 0.15) is 31.4 Å². The van der Waals surface area contributed by atoms with E-state index in [1.165, 1.54) is 6.07 Å². The number of hydrogen-bond acceptors (Lipinski definition) is 3. The first-order valence-electron chi connectivity index (χ1n) is 5.37. The third kappa shape index (κ3) is 2.05. The smallest absolute Gasteiger partial charge is 0.186 e. The summed E-state index contributed by atoms with van der Waals surface area (Å²) in [6, 6.07) is 1.28. The molecule has 1 aliphatic rings. The van der Waals surface area contributed by atoms with Crippen molar-refractivity contribution in [2.75, 3.05) is 0 Å². The summed E-state index contributed by atoms with van der Waals surface area (Å²) in [6.45, 7) is 1.98. The van der Waals surface area contributed by atoms with Gasteiger partial charge < -0.3 is 10.3 Å². The van der Waals surface area contributed by atoms with Gasteiger partial charge in [-0.25, -0.2) is 0 Å². The Morgan fingerprint density at radius 2 is 2.25 bits per heavy atom. The summed E-state index contributed by atoms with van der Waals surface area (Å²) in [6.07, 6.45) is 5.98. The van der Waals surface area contributed by atoms with Crippen molar-refractivity contribution in [1.82, 2.24) is 10.3 Å². The van der Waals surface area contributed by atoms with Crippen LogP contribution in [0, 0.1) is 0 Å². The van der Waals surface area contributed by atoms with Crippen LogP contribution >= 0.6 is 0 Å². The molecular formula is C12H14N2O2. The van der Waals surface area contributed by atoms with Crippen molar-refractivity contribution in [2.45, 2.75) is 25.8 Å². The summed E-state index contributed by atoms with van der Waals surface area (Å²) in [7, 11) is 0. The molecular weight excluding hydrogens is 204 g/mol. The molecule has 0 saturated heterocycles. The molecule has 1 unspecified atom stereocenters. The van der Waals surface area contributed by atoms with Gasteiger partial charge in [0.2, 0.25) is 0 Å². The molecule has 4 nitrogen and oxygen atoms in total. The molecule has 0 radical (unpaired) electrons. The van der Waals surface area contributed by atoms with Crippen molar-refractivity contribution in [3.8, 4) is 0 Å². The average molecular weight is 218 g/mol. The highest BCUT2D eigenvalue weighted by molar-refractivity contribution is 5.91. The number of carbonyl (C=O) groups is 1. The van der Waals surface area contributed by atoms with Gasteiger partial charge in [0.1, 0.15) is 0 Å². The first kappa shape index (κ1) is 10.7. The molecule has 0 spiro atoms.